The summed E-state index contributed by atoms with van der Waals surface area (Å²) in [5.41, 5.74) is 12.5. The monoisotopic (exact) mass is 544 g/mol. The van der Waals surface area contributed by atoms with Gasteiger partial charge >= 0.3 is 0 Å². The molecule has 212 valence electrons. The fourth-order valence-corrected chi connectivity index (χ4v) is 6.26. The number of benzene rings is 1. The quantitative estimate of drug-likeness (QED) is 0.360. The molecule has 3 fully saturated rings. The first-order valence-corrected chi connectivity index (χ1v) is 14.2. The summed E-state index contributed by atoms with van der Waals surface area (Å²) in [6.45, 7) is 1.73. The average Bonchev–Trinajstić information content (AvgIpc) is 3.74. The van der Waals surface area contributed by atoms with E-state index in [1.165, 1.54) is 38.5 Å². The number of carbonyl (C=O) groups excluding carboxylic acids is 1. The molecular weight excluding hydrogens is 504 g/mol. The molecule has 6 N–H and O–H groups in total. The Kier molecular flexibility index (Phi) is 8.47. The van der Waals surface area contributed by atoms with Crippen LogP contribution in [0, 0.1) is 5.92 Å². The summed E-state index contributed by atoms with van der Waals surface area (Å²) in [6.07, 6.45) is 8.87. The lowest BCUT2D eigenvalue weighted by Gasteiger charge is -2.30. The molecule has 1 saturated carbocycles. The maximum atomic E-state index is 12.6. The van der Waals surface area contributed by atoms with Gasteiger partial charge in [0.1, 0.15) is 23.3 Å². The van der Waals surface area contributed by atoms with Crippen LogP contribution in [0.15, 0.2) is 42.5 Å². The zero-order valence-electron chi connectivity index (χ0n) is 23.4. The van der Waals surface area contributed by atoms with Gasteiger partial charge in [0.15, 0.2) is 0 Å². The smallest absolute Gasteiger partial charge is 0.235 e. The molecule has 0 radical (unpaired) electrons. The molecule has 11 heteroatoms. The minimum absolute atomic E-state index is 0.0568. The van der Waals surface area contributed by atoms with Crippen molar-refractivity contribution >= 4 is 41.1 Å². The van der Waals surface area contributed by atoms with Gasteiger partial charge in [-0.2, -0.15) is 19.9 Å². The van der Waals surface area contributed by atoms with E-state index in [-0.39, 0.29) is 17.8 Å². The van der Waals surface area contributed by atoms with Crippen LogP contribution in [0.1, 0.15) is 56.4 Å². The Morgan fingerprint density at radius 2 is 1.40 bits per heavy atom. The van der Waals surface area contributed by atoms with Crippen LogP contribution in [-0.4, -0.2) is 59.1 Å². The van der Waals surface area contributed by atoms with Crippen molar-refractivity contribution in [3.05, 3.63) is 48.0 Å². The first-order valence-electron chi connectivity index (χ1n) is 14.2. The lowest BCUT2D eigenvalue weighted by Crippen LogP contribution is -2.35. The normalized spacial score (nSPS) is 20.9. The molecule has 6 rings (SSSR count). The second kappa shape index (κ2) is 12.4. The van der Waals surface area contributed by atoms with Crippen LogP contribution in [0.5, 0.6) is 0 Å². The van der Waals surface area contributed by atoms with Gasteiger partial charge in [-0.05, 0) is 43.6 Å². The standard InChI is InChI=1S/C15H17N5O.C14H23N5/c1-17-12-9-13(19-15(16)18-12)20-8-7-11(14(20)21)10-5-3-2-4-6-10;1-16-12-9-13(18-14(15)17-12)19-8-4-7-11(19)10-5-2-3-6-10/h2-6,9,11H,7-8H2,1H3,(H3,16,17,18,19);9-11H,2-8H2,1H3,(H3,15,16,17,18). The Bertz CT molecular complexity index is 1300. The van der Waals surface area contributed by atoms with Crippen molar-refractivity contribution in [3.8, 4) is 0 Å². The highest BCUT2D eigenvalue weighted by Gasteiger charge is 2.35. The van der Waals surface area contributed by atoms with Gasteiger partial charge in [0.25, 0.3) is 0 Å². The maximum absolute atomic E-state index is 12.6. The molecule has 3 aromatic rings. The second-order valence-corrected chi connectivity index (χ2v) is 10.6. The predicted octanol–water partition coefficient (Wildman–Crippen LogP) is 3.88. The summed E-state index contributed by atoms with van der Waals surface area (Å²) >= 11 is 0. The molecule has 1 amide bonds. The van der Waals surface area contributed by atoms with Gasteiger partial charge in [-0.3, -0.25) is 9.69 Å². The third-order valence-corrected chi connectivity index (χ3v) is 8.19. The molecule has 0 bridgehead atoms. The van der Waals surface area contributed by atoms with E-state index >= 15 is 0 Å². The minimum atomic E-state index is -0.111. The topological polar surface area (TPSA) is 151 Å². The number of nitrogens with zero attached hydrogens (tertiary/aromatic N) is 6. The Labute approximate surface area is 235 Å². The lowest BCUT2D eigenvalue weighted by atomic mass is 9.96. The summed E-state index contributed by atoms with van der Waals surface area (Å²) in [5, 5.41) is 5.98. The molecule has 2 aliphatic heterocycles. The maximum Gasteiger partial charge on any atom is 0.235 e. The number of hydrogen-bond acceptors (Lipinski definition) is 10. The summed E-state index contributed by atoms with van der Waals surface area (Å²) in [7, 11) is 3.62. The zero-order valence-corrected chi connectivity index (χ0v) is 23.4. The Morgan fingerprint density at radius 3 is 2.05 bits per heavy atom. The summed E-state index contributed by atoms with van der Waals surface area (Å²) in [6, 6.07) is 14.2. The van der Waals surface area contributed by atoms with Gasteiger partial charge in [0.05, 0.1) is 5.92 Å². The van der Waals surface area contributed by atoms with E-state index in [4.69, 9.17) is 11.5 Å². The van der Waals surface area contributed by atoms with Crippen LogP contribution in [0.2, 0.25) is 0 Å². The van der Waals surface area contributed by atoms with Gasteiger partial charge < -0.3 is 27.0 Å². The molecule has 2 unspecified atom stereocenters. The average molecular weight is 545 g/mol. The van der Waals surface area contributed by atoms with Crippen molar-refractivity contribution in [2.45, 2.75) is 56.9 Å². The molecule has 0 spiro atoms. The van der Waals surface area contributed by atoms with E-state index in [2.05, 4.69) is 35.5 Å². The van der Waals surface area contributed by atoms with Gasteiger partial charge in [-0.25, -0.2) is 0 Å². The van der Waals surface area contributed by atoms with Crippen LogP contribution in [0.4, 0.5) is 35.2 Å². The Balaban J connectivity index is 0.000000162. The van der Waals surface area contributed by atoms with Gasteiger partial charge in [-0.15, -0.1) is 0 Å². The van der Waals surface area contributed by atoms with E-state index in [1.54, 1.807) is 18.0 Å². The molecule has 1 aromatic carbocycles. The van der Waals surface area contributed by atoms with Crippen molar-refractivity contribution in [2.24, 2.45) is 5.92 Å². The highest BCUT2D eigenvalue weighted by molar-refractivity contribution is 5.99. The molecule has 2 saturated heterocycles. The van der Waals surface area contributed by atoms with Crippen LogP contribution in [0.25, 0.3) is 0 Å². The highest BCUT2D eigenvalue weighted by Crippen LogP contribution is 2.37. The van der Waals surface area contributed by atoms with Crippen LogP contribution in [0.3, 0.4) is 0 Å². The van der Waals surface area contributed by atoms with Crippen molar-refractivity contribution in [1.29, 1.82) is 0 Å². The number of anilines is 6. The highest BCUT2D eigenvalue weighted by atomic mass is 16.2. The number of hydrogen-bond donors (Lipinski definition) is 4. The molecule has 11 nitrogen and oxygen atoms in total. The SMILES string of the molecule is CNc1cc(N2CCC(c3ccccc3)C2=O)nc(N)n1.CNc1cc(N2CCCC2C2CCCC2)nc(N)n1. The number of nitrogens with two attached hydrogens (primary N) is 2. The Morgan fingerprint density at radius 1 is 0.775 bits per heavy atom. The fourth-order valence-electron chi connectivity index (χ4n) is 6.26. The fraction of sp³-hybridized carbons (Fsp3) is 0.483. The van der Waals surface area contributed by atoms with E-state index in [9.17, 15) is 4.79 Å². The number of carbonyl (C=O) groups is 1. The van der Waals surface area contributed by atoms with Crippen molar-refractivity contribution < 1.29 is 4.79 Å². The second-order valence-electron chi connectivity index (χ2n) is 10.6. The number of nitrogens with one attached hydrogen (secondary N) is 2. The number of rotatable bonds is 6. The van der Waals surface area contributed by atoms with Crippen LogP contribution < -0.4 is 31.9 Å². The number of aromatic nitrogens is 4. The third-order valence-electron chi connectivity index (χ3n) is 8.19. The van der Waals surface area contributed by atoms with Crippen molar-refractivity contribution in [3.63, 3.8) is 0 Å². The summed E-state index contributed by atoms with van der Waals surface area (Å²) in [5.74, 6) is 4.26. The predicted molar refractivity (Wildman–Crippen MR) is 160 cm³/mol. The largest absolute Gasteiger partial charge is 0.373 e. The molecule has 40 heavy (non-hydrogen) atoms. The molecule has 2 aromatic heterocycles. The van der Waals surface area contributed by atoms with Crippen LogP contribution in [-0.2, 0) is 4.79 Å². The molecule has 3 aliphatic rings. The van der Waals surface area contributed by atoms with E-state index in [0.29, 0.717) is 30.2 Å². The van der Waals surface area contributed by atoms with Crippen molar-refractivity contribution in [2.75, 3.05) is 59.1 Å². The minimum Gasteiger partial charge on any atom is -0.373 e. The molecular formula is C29H40N10O. The van der Waals surface area contributed by atoms with Gasteiger partial charge in [-0.1, -0.05) is 43.2 Å². The van der Waals surface area contributed by atoms with E-state index in [0.717, 1.165) is 36.1 Å². The molecule has 1 aliphatic carbocycles. The number of nitrogen functional groups attached to an aromatic ring is 2. The number of amides is 1. The van der Waals surface area contributed by atoms with Gasteiger partial charge in [0.2, 0.25) is 17.8 Å². The molecule has 2 atom stereocenters. The van der Waals surface area contributed by atoms with Crippen LogP contribution >= 0.6 is 0 Å². The third kappa shape index (κ3) is 6.03. The van der Waals surface area contributed by atoms with E-state index in [1.807, 2.05) is 43.4 Å². The molecule has 4 heterocycles. The van der Waals surface area contributed by atoms with E-state index < -0.39 is 0 Å². The lowest BCUT2D eigenvalue weighted by molar-refractivity contribution is -0.118. The summed E-state index contributed by atoms with van der Waals surface area (Å²) < 4.78 is 0. The summed E-state index contributed by atoms with van der Waals surface area (Å²) in [4.78, 5) is 33.6. The zero-order chi connectivity index (χ0) is 28.1. The van der Waals surface area contributed by atoms with Gasteiger partial charge in [0, 0.05) is 45.4 Å². The first-order chi connectivity index (χ1) is 19.5. The first kappa shape index (κ1) is 27.4. The van der Waals surface area contributed by atoms with Crippen molar-refractivity contribution in [1.82, 2.24) is 19.9 Å². The Hall–Kier alpha value is -4.15.